The van der Waals surface area contributed by atoms with Gasteiger partial charge in [-0.1, -0.05) is 30.4 Å². The monoisotopic (exact) mass is 271 g/mol. The molecule has 0 unspecified atom stereocenters. The predicted octanol–water partition coefficient (Wildman–Crippen LogP) is 3.58. The largest absolute Gasteiger partial charge is 0.385 e. The number of anilines is 1. The Bertz CT molecular complexity index is 421. The lowest BCUT2D eigenvalue weighted by molar-refractivity contribution is 0.381. The SMILES string of the molecule is C/C=C\C=C/N=CCN(C)CCCNc1ccccc1. The first-order valence-corrected chi connectivity index (χ1v) is 7.10. The Hall–Kier alpha value is -1.87. The molecule has 0 bridgehead atoms. The van der Waals surface area contributed by atoms with Crippen molar-refractivity contribution >= 4 is 11.9 Å². The standard InChI is InChI=1S/C17H25N3/c1-3-4-8-12-18-14-16-20(2)15-9-13-19-17-10-6-5-7-11-17/h3-8,10-12,14,19H,9,13,15-16H2,1-2H3/b4-3-,12-8-,18-14?. The molecular formula is C17H25N3. The van der Waals surface area contributed by atoms with E-state index < -0.39 is 0 Å². The minimum atomic E-state index is 0.880. The Kier molecular flexibility index (Phi) is 8.90. The number of benzene rings is 1. The molecule has 0 aliphatic rings. The first-order chi connectivity index (χ1) is 9.83. The van der Waals surface area contributed by atoms with Crippen LogP contribution in [0.15, 0.2) is 59.8 Å². The zero-order valence-corrected chi connectivity index (χ0v) is 12.5. The Morgan fingerprint density at radius 1 is 1.20 bits per heavy atom. The lowest BCUT2D eigenvalue weighted by Crippen LogP contribution is -2.23. The number of allylic oxidation sites excluding steroid dienone is 3. The van der Waals surface area contributed by atoms with Crippen molar-refractivity contribution in [3.05, 3.63) is 54.8 Å². The molecule has 3 nitrogen and oxygen atoms in total. The lowest BCUT2D eigenvalue weighted by Gasteiger charge is -2.14. The number of hydrogen-bond donors (Lipinski definition) is 1. The minimum Gasteiger partial charge on any atom is -0.385 e. The quantitative estimate of drug-likeness (QED) is 0.422. The van der Waals surface area contributed by atoms with E-state index in [2.05, 4.69) is 34.4 Å². The number of aliphatic imine (C=N–C) groups is 1. The van der Waals surface area contributed by atoms with Gasteiger partial charge in [-0.15, -0.1) is 0 Å². The highest BCUT2D eigenvalue weighted by Crippen LogP contribution is 2.04. The zero-order chi connectivity index (χ0) is 14.5. The fourth-order valence-electron chi connectivity index (χ4n) is 1.69. The molecule has 1 aromatic rings. The summed E-state index contributed by atoms with van der Waals surface area (Å²) >= 11 is 0. The van der Waals surface area contributed by atoms with Crippen molar-refractivity contribution in [1.29, 1.82) is 0 Å². The lowest BCUT2D eigenvalue weighted by atomic mass is 10.3. The Morgan fingerprint density at radius 2 is 2.00 bits per heavy atom. The summed E-state index contributed by atoms with van der Waals surface area (Å²) in [5, 5.41) is 3.41. The second-order valence-electron chi connectivity index (χ2n) is 4.61. The van der Waals surface area contributed by atoms with Crippen molar-refractivity contribution in [2.75, 3.05) is 32.0 Å². The Labute approximate surface area is 122 Å². The van der Waals surface area contributed by atoms with E-state index in [9.17, 15) is 0 Å². The van der Waals surface area contributed by atoms with Crippen LogP contribution in [0.5, 0.6) is 0 Å². The van der Waals surface area contributed by atoms with Crippen molar-refractivity contribution in [2.45, 2.75) is 13.3 Å². The summed E-state index contributed by atoms with van der Waals surface area (Å²) in [6.45, 7) is 4.92. The van der Waals surface area contributed by atoms with Crippen molar-refractivity contribution in [1.82, 2.24) is 4.90 Å². The van der Waals surface area contributed by atoms with Crippen LogP contribution in [0.4, 0.5) is 5.69 Å². The van der Waals surface area contributed by atoms with Crippen LogP contribution < -0.4 is 5.32 Å². The highest BCUT2D eigenvalue weighted by Gasteiger charge is 1.95. The summed E-state index contributed by atoms with van der Waals surface area (Å²) in [4.78, 5) is 6.47. The Balaban J connectivity index is 2.07. The van der Waals surface area contributed by atoms with Crippen molar-refractivity contribution in [3.8, 4) is 0 Å². The van der Waals surface area contributed by atoms with Crippen LogP contribution in [0.2, 0.25) is 0 Å². The third kappa shape index (κ3) is 8.27. The highest BCUT2D eigenvalue weighted by molar-refractivity contribution is 5.60. The third-order valence-electron chi connectivity index (χ3n) is 2.79. The van der Waals surface area contributed by atoms with Crippen LogP contribution in [-0.4, -0.2) is 37.8 Å². The van der Waals surface area contributed by atoms with Crippen LogP contribution >= 0.6 is 0 Å². The van der Waals surface area contributed by atoms with E-state index in [-0.39, 0.29) is 0 Å². The smallest absolute Gasteiger partial charge is 0.0340 e. The molecule has 0 aromatic heterocycles. The first kappa shape index (κ1) is 16.2. The van der Waals surface area contributed by atoms with Crippen LogP contribution in [-0.2, 0) is 0 Å². The molecule has 0 radical (unpaired) electrons. The molecule has 20 heavy (non-hydrogen) atoms. The predicted molar refractivity (Wildman–Crippen MR) is 89.5 cm³/mol. The van der Waals surface area contributed by atoms with Crippen LogP contribution in [0, 0.1) is 0 Å². The van der Waals surface area contributed by atoms with Gasteiger partial charge in [0, 0.05) is 31.2 Å². The molecule has 0 spiro atoms. The summed E-state index contributed by atoms with van der Waals surface area (Å²) in [7, 11) is 2.12. The molecule has 1 N–H and O–H groups in total. The minimum absolute atomic E-state index is 0.880. The van der Waals surface area contributed by atoms with E-state index >= 15 is 0 Å². The molecule has 0 aliphatic heterocycles. The zero-order valence-electron chi connectivity index (χ0n) is 12.5. The second-order valence-corrected chi connectivity index (χ2v) is 4.61. The van der Waals surface area contributed by atoms with E-state index in [0.29, 0.717) is 0 Å². The fraction of sp³-hybridized carbons (Fsp3) is 0.353. The van der Waals surface area contributed by atoms with Gasteiger partial charge in [0.05, 0.1) is 0 Å². The number of rotatable bonds is 9. The molecule has 108 valence electrons. The highest BCUT2D eigenvalue weighted by atomic mass is 15.1. The van der Waals surface area contributed by atoms with E-state index in [1.54, 1.807) is 0 Å². The summed E-state index contributed by atoms with van der Waals surface area (Å²) in [5.74, 6) is 0. The van der Waals surface area contributed by atoms with Gasteiger partial charge >= 0.3 is 0 Å². The molecule has 3 heteroatoms. The molecule has 0 amide bonds. The molecule has 0 aliphatic carbocycles. The van der Waals surface area contributed by atoms with Gasteiger partial charge in [-0.05, 0) is 45.1 Å². The average Bonchev–Trinajstić information content (AvgIpc) is 2.48. The van der Waals surface area contributed by atoms with E-state index in [4.69, 9.17) is 0 Å². The van der Waals surface area contributed by atoms with Gasteiger partial charge in [-0.3, -0.25) is 4.99 Å². The molecule has 0 fully saturated rings. The first-order valence-electron chi connectivity index (χ1n) is 7.10. The molecular weight excluding hydrogens is 246 g/mol. The maximum Gasteiger partial charge on any atom is 0.0340 e. The number of hydrogen-bond acceptors (Lipinski definition) is 3. The summed E-state index contributed by atoms with van der Waals surface area (Å²) in [5.41, 5.74) is 1.19. The van der Waals surface area contributed by atoms with Gasteiger partial charge in [0.15, 0.2) is 0 Å². The normalized spacial score (nSPS) is 12.2. The van der Waals surface area contributed by atoms with Gasteiger partial charge in [-0.25, -0.2) is 0 Å². The summed E-state index contributed by atoms with van der Waals surface area (Å²) in [6.07, 6.45) is 10.7. The van der Waals surface area contributed by atoms with Crippen molar-refractivity contribution < 1.29 is 0 Å². The molecule has 0 saturated heterocycles. The topological polar surface area (TPSA) is 27.6 Å². The Morgan fingerprint density at radius 3 is 2.75 bits per heavy atom. The molecule has 1 rings (SSSR count). The van der Waals surface area contributed by atoms with Gasteiger partial charge in [-0.2, -0.15) is 0 Å². The van der Waals surface area contributed by atoms with Crippen LogP contribution in [0.3, 0.4) is 0 Å². The number of nitrogens with zero attached hydrogens (tertiary/aromatic N) is 2. The van der Waals surface area contributed by atoms with E-state index in [1.165, 1.54) is 5.69 Å². The third-order valence-corrected chi connectivity index (χ3v) is 2.79. The number of para-hydroxylation sites is 1. The van der Waals surface area contributed by atoms with Gasteiger partial charge in [0.2, 0.25) is 0 Å². The van der Waals surface area contributed by atoms with Crippen LogP contribution in [0.1, 0.15) is 13.3 Å². The van der Waals surface area contributed by atoms with Crippen molar-refractivity contribution in [2.24, 2.45) is 4.99 Å². The average molecular weight is 271 g/mol. The molecule has 0 atom stereocenters. The van der Waals surface area contributed by atoms with E-state index in [1.807, 2.05) is 55.8 Å². The maximum atomic E-state index is 4.21. The van der Waals surface area contributed by atoms with Crippen LogP contribution in [0.25, 0.3) is 0 Å². The van der Waals surface area contributed by atoms with Gasteiger partial charge < -0.3 is 10.2 Å². The number of nitrogens with one attached hydrogen (secondary N) is 1. The molecule has 1 aromatic carbocycles. The maximum absolute atomic E-state index is 4.21. The fourth-order valence-corrected chi connectivity index (χ4v) is 1.69. The van der Waals surface area contributed by atoms with Crippen molar-refractivity contribution in [3.63, 3.8) is 0 Å². The summed E-state index contributed by atoms with van der Waals surface area (Å²) in [6, 6.07) is 10.3. The summed E-state index contributed by atoms with van der Waals surface area (Å²) < 4.78 is 0. The van der Waals surface area contributed by atoms with Gasteiger partial charge in [0.1, 0.15) is 0 Å². The second kappa shape index (κ2) is 11.0. The van der Waals surface area contributed by atoms with Gasteiger partial charge in [0.25, 0.3) is 0 Å². The molecule has 0 saturated carbocycles. The molecule has 0 heterocycles. The van der Waals surface area contributed by atoms with E-state index in [0.717, 1.165) is 26.1 Å².